The van der Waals surface area contributed by atoms with Crippen molar-refractivity contribution in [1.82, 2.24) is 19.7 Å². The number of hydrogen-bond acceptors (Lipinski definition) is 5. The summed E-state index contributed by atoms with van der Waals surface area (Å²) in [7, 11) is 0. The van der Waals surface area contributed by atoms with Crippen molar-refractivity contribution < 1.29 is 4.79 Å². The summed E-state index contributed by atoms with van der Waals surface area (Å²) >= 11 is 1.39. The number of amides is 1. The van der Waals surface area contributed by atoms with Gasteiger partial charge in [-0.05, 0) is 37.6 Å². The summed E-state index contributed by atoms with van der Waals surface area (Å²) in [6.07, 6.45) is 5.76. The van der Waals surface area contributed by atoms with Gasteiger partial charge < -0.3 is 9.88 Å². The summed E-state index contributed by atoms with van der Waals surface area (Å²) in [5.41, 5.74) is 1.66. The van der Waals surface area contributed by atoms with E-state index in [0.717, 1.165) is 17.1 Å². The molecule has 0 aliphatic heterocycles. The second kappa shape index (κ2) is 9.14. The molecule has 1 N–H and O–H groups in total. The quantitative estimate of drug-likeness (QED) is 0.472. The molecule has 0 radical (unpaired) electrons. The first kappa shape index (κ1) is 18.8. The molecule has 138 valence electrons. The van der Waals surface area contributed by atoms with E-state index in [9.17, 15) is 4.79 Å². The smallest absolute Gasteiger partial charge is 0.238 e. The Hall–Kier alpha value is -2.93. The Kier molecular flexibility index (Phi) is 6.38. The maximum atomic E-state index is 12.7. The topological polar surface area (TPSA) is 72.7 Å². The molecule has 1 unspecified atom stereocenters. The van der Waals surface area contributed by atoms with Gasteiger partial charge in [-0.25, -0.2) is 0 Å². The highest BCUT2D eigenvalue weighted by Gasteiger charge is 2.23. The molecule has 0 fully saturated rings. The number of nitrogens with zero attached hydrogens (tertiary/aromatic N) is 4. The van der Waals surface area contributed by atoms with E-state index in [0.29, 0.717) is 18.1 Å². The summed E-state index contributed by atoms with van der Waals surface area (Å²) < 4.78 is 1.99. The van der Waals surface area contributed by atoms with Gasteiger partial charge in [0.25, 0.3) is 0 Å². The lowest BCUT2D eigenvalue weighted by atomic mass is 10.2. The van der Waals surface area contributed by atoms with Crippen LogP contribution in [0.4, 0.5) is 5.69 Å². The fourth-order valence-electron chi connectivity index (χ4n) is 2.60. The molecule has 1 aromatic carbocycles. The maximum Gasteiger partial charge on any atom is 0.238 e. The Labute approximate surface area is 162 Å². The number of anilines is 1. The van der Waals surface area contributed by atoms with Gasteiger partial charge in [0.1, 0.15) is 0 Å². The van der Waals surface area contributed by atoms with Gasteiger partial charge in [-0.3, -0.25) is 9.78 Å². The molecule has 0 saturated heterocycles. The number of para-hydroxylation sites is 1. The van der Waals surface area contributed by atoms with Crippen LogP contribution < -0.4 is 5.32 Å². The second-order valence-corrected chi connectivity index (χ2v) is 6.95. The number of aromatic nitrogens is 4. The van der Waals surface area contributed by atoms with Gasteiger partial charge in [-0.15, -0.1) is 16.8 Å². The minimum absolute atomic E-state index is 0.0836. The molecule has 7 heteroatoms. The average Bonchev–Trinajstić information content (AvgIpc) is 3.11. The Morgan fingerprint density at radius 3 is 2.74 bits per heavy atom. The molecule has 0 bridgehead atoms. The van der Waals surface area contributed by atoms with E-state index < -0.39 is 0 Å². The third kappa shape index (κ3) is 4.62. The highest BCUT2D eigenvalue weighted by atomic mass is 32.2. The second-order valence-electron chi connectivity index (χ2n) is 5.78. The molecule has 6 nitrogen and oxygen atoms in total. The van der Waals surface area contributed by atoms with E-state index in [1.54, 1.807) is 18.5 Å². The molecule has 0 spiro atoms. The minimum Gasteiger partial charge on any atom is -0.325 e. The Balaban J connectivity index is 1.81. The summed E-state index contributed by atoms with van der Waals surface area (Å²) in [5.74, 6) is 0.661. The van der Waals surface area contributed by atoms with Crippen LogP contribution in [0.5, 0.6) is 0 Å². The van der Waals surface area contributed by atoms with E-state index in [2.05, 4.69) is 27.1 Å². The van der Waals surface area contributed by atoms with E-state index >= 15 is 0 Å². The number of hydrogen-bond donors (Lipinski definition) is 1. The Morgan fingerprint density at radius 1 is 1.26 bits per heavy atom. The van der Waals surface area contributed by atoms with Crippen molar-refractivity contribution in [2.24, 2.45) is 0 Å². The molecule has 3 rings (SSSR count). The van der Waals surface area contributed by atoms with Crippen LogP contribution in [0.1, 0.15) is 13.3 Å². The lowest BCUT2D eigenvalue weighted by Crippen LogP contribution is -2.25. The Bertz CT molecular complexity index is 895. The number of carbonyl (C=O) groups excluding carboxylic acids is 1. The molecule has 2 aromatic heterocycles. The van der Waals surface area contributed by atoms with Crippen LogP contribution in [0, 0.1) is 0 Å². The zero-order valence-corrected chi connectivity index (χ0v) is 15.9. The normalized spacial score (nSPS) is 11.7. The average molecular weight is 379 g/mol. The molecule has 0 saturated carbocycles. The molecule has 0 aliphatic rings. The lowest BCUT2D eigenvalue weighted by molar-refractivity contribution is -0.115. The van der Waals surface area contributed by atoms with Crippen molar-refractivity contribution in [1.29, 1.82) is 0 Å². The largest absolute Gasteiger partial charge is 0.325 e. The third-order valence-electron chi connectivity index (χ3n) is 3.91. The molecule has 27 heavy (non-hydrogen) atoms. The van der Waals surface area contributed by atoms with Crippen LogP contribution in [-0.4, -0.2) is 30.9 Å². The van der Waals surface area contributed by atoms with Crippen LogP contribution in [-0.2, 0) is 11.3 Å². The summed E-state index contributed by atoms with van der Waals surface area (Å²) in [6, 6.07) is 13.2. The lowest BCUT2D eigenvalue weighted by Gasteiger charge is -2.15. The number of carbonyl (C=O) groups is 1. The first-order chi connectivity index (χ1) is 13.2. The van der Waals surface area contributed by atoms with Crippen molar-refractivity contribution in [3.63, 3.8) is 0 Å². The number of thioether (sulfide) groups is 1. The zero-order chi connectivity index (χ0) is 19.1. The van der Waals surface area contributed by atoms with Gasteiger partial charge in [-0.2, -0.15) is 0 Å². The van der Waals surface area contributed by atoms with Gasteiger partial charge in [0.15, 0.2) is 11.0 Å². The monoisotopic (exact) mass is 379 g/mol. The maximum absolute atomic E-state index is 12.7. The van der Waals surface area contributed by atoms with Crippen molar-refractivity contribution >= 4 is 23.4 Å². The van der Waals surface area contributed by atoms with Gasteiger partial charge in [0.2, 0.25) is 5.91 Å². The van der Waals surface area contributed by atoms with E-state index in [4.69, 9.17) is 0 Å². The molecule has 3 aromatic rings. The SMILES string of the molecule is C=CCC(Sc1nnc(-c2cccnc2)n1CC)C(=O)Nc1ccccc1. The zero-order valence-electron chi connectivity index (χ0n) is 15.1. The highest BCUT2D eigenvalue weighted by Crippen LogP contribution is 2.29. The Morgan fingerprint density at radius 2 is 2.07 bits per heavy atom. The van der Waals surface area contributed by atoms with Gasteiger partial charge in [0.05, 0.1) is 5.25 Å². The molecule has 1 atom stereocenters. The van der Waals surface area contributed by atoms with Crippen LogP contribution in [0.25, 0.3) is 11.4 Å². The first-order valence-corrected chi connectivity index (χ1v) is 9.58. The predicted molar refractivity (Wildman–Crippen MR) is 108 cm³/mol. The van der Waals surface area contributed by atoms with E-state index in [1.165, 1.54) is 11.8 Å². The predicted octanol–water partition coefficient (Wildman–Crippen LogP) is 4.04. The van der Waals surface area contributed by atoms with Gasteiger partial charge in [-0.1, -0.05) is 36.0 Å². The van der Waals surface area contributed by atoms with Crippen molar-refractivity contribution in [3.05, 3.63) is 67.5 Å². The number of nitrogens with one attached hydrogen (secondary N) is 1. The highest BCUT2D eigenvalue weighted by molar-refractivity contribution is 8.00. The fraction of sp³-hybridized carbons (Fsp3) is 0.200. The van der Waals surface area contributed by atoms with Crippen molar-refractivity contribution in [2.75, 3.05) is 5.32 Å². The van der Waals surface area contributed by atoms with Crippen molar-refractivity contribution in [2.45, 2.75) is 30.3 Å². The molecular weight excluding hydrogens is 358 g/mol. The summed E-state index contributed by atoms with van der Waals surface area (Å²) in [4.78, 5) is 16.9. The molecule has 2 heterocycles. The summed E-state index contributed by atoms with van der Waals surface area (Å²) in [5, 5.41) is 11.9. The number of allylic oxidation sites excluding steroid dienone is 1. The van der Waals surface area contributed by atoms with E-state index in [-0.39, 0.29) is 11.2 Å². The standard InChI is InChI=1S/C20H21N5OS/c1-3-9-17(19(26)22-16-11-6-5-7-12-16)27-20-24-23-18(25(20)4-2)15-10-8-13-21-14-15/h3,5-8,10-14,17H,1,4,9H2,2H3,(H,22,26). The fourth-order valence-corrected chi connectivity index (χ4v) is 3.68. The third-order valence-corrected chi connectivity index (χ3v) is 5.12. The van der Waals surface area contributed by atoms with Gasteiger partial charge in [0, 0.05) is 30.2 Å². The first-order valence-electron chi connectivity index (χ1n) is 8.70. The van der Waals surface area contributed by atoms with Crippen LogP contribution >= 0.6 is 11.8 Å². The minimum atomic E-state index is -0.348. The molecule has 0 aliphatic carbocycles. The van der Waals surface area contributed by atoms with Gasteiger partial charge >= 0.3 is 0 Å². The molecular formula is C20H21N5OS. The van der Waals surface area contributed by atoms with Crippen molar-refractivity contribution in [3.8, 4) is 11.4 Å². The molecule has 1 amide bonds. The number of rotatable bonds is 8. The summed E-state index contributed by atoms with van der Waals surface area (Å²) in [6.45, 7) is 6.51. The number of benzene rings is 1. The van der Waals surface area contributed by atoms with Crippen LogP contribution in [0.3, 0.4) is 0 Å². The van der Waals surface area contributed by atoms with Crippen LogP contribution in [0.15, 0.2) is 72.7 Å². The van der Waals surface area contributed by atoms with E-state index in [1.807, 2.05) is 54.0 Å². The van der Waals surface area contributed by atoms with Crippen LogP contribution in [0.2, 0.25) is 0 Å². The number of pyridine rings is 1.